The molecule has 452 valence electrons. The molecule has 6 aromatic carbocycles. The van der Waals surface area contributed by atoms with E-state index in [4.69, 9.17) is 38.6 Å². The van der Waals surface area contributed by atoms with Gasteiger partial charge in [0.2, 0.25) is 0 Å². The molecule has 84 heavy (non-hydrogen) atoms. The van der Waals surface area contributed by atoms with E-state index in [9.17, 15) is 9.59 Å². The number of carbonyl (C=O) groups excluding carboxylic acids is 2. The molecule has 0 aliphatic carbocycles. The molecule has 0 heterocycles. The number of hydrogen-bond acceptors (Lipinski definition) is 10. The van der Waals surface area contributed by atoms with Crippen molar-refractivity contribution < 1.29 is 38.0 Å². The zero-order valence-corrected chi connectivity index (χ0v) is 51.8. The minimum Gasteiger partial charge on any atom is -0.494 e. The van der Waals surface area contributed by atoms with E-state index < -0.39 is 11.9 Å². The van der Waals surface area contributed by atoms with Crippen LogP contribution < -0.4 is 28.4 Å². The zero-order valence-electron chi connectivity index (χ0n) is 51.8. The highest BCUT2D eigenvalue weighted by Crippen LogP contribution is 2.39. The van der Waals surface area contributed by atoms with Crippen LogP contribution in [0.3, 0.4) is 0 Å². The Bertz CT molecular complexity index is 2620. The fourth-order valence-corrected chi connectivity index (χ4v) is 10.1. The van der Waals surface area contributed by atoms with Crippen molar-refractivity contribution in [2.24, 2.45) is 10.2 Å². The first kappa shape index (κ1) is 66.2. The van der Waals surface area contributed by atoms with E-state index in [1.807, 2.05) is 72.8 Å². The standard InChI is InChI=1S/C74H98N2O8/c1-7-11-15-19-21-23-25-29-53-79-65-45-41-61(42-46-65)59-33-37-63(38-34-59)73(77)83-71-51-49-67(81-57(5)31-27-17-13-9-3)55-69(71)75-76-70-56-68(82-58(6)32-28-18-14-10-4)50-52-72(70)84-74(78)64-39-35-60(36-40-64)62-43-47-66(48-44-62)80-54-30-26-24-22-20-16-12-8-2/h33-52,55-58H,7-32,53-54H2,1-6H3/t57-,58-/m0/s1. The summed E-state index contributed by atoms with van der Waals surface area (Å²) >= 11 is 0. The van der Waals surface area contributed by atoms with Gasteiger partial charge in [0.15, 0.2) is 11.5 Å². The van der Waals surface area contributed by atoms with Gasteiger partial charge in [-0.1, -0.05) is 205 Å². The van der Waals surface area contributed by atoms with Crippen molar-refractivity contribution in [3.8, 4) is 56.8 Å². The molecule has 0 radical (unpaired) electrons. The number of hydrogen-bond donors (Lipinski definition) is 0. The minimum atomic E-state index is -0.556. The van der Waals surface area contributed by atoms with Crippen molar-refractivity contribution >= 4 is 23.3 Å². The van der Waals surface area contributed by atoms with E-state index in [0.717, 1.165) is 98.0 Å². The summed E-state index contributed by atoms with van der Waals surface area (Å²) in [4.78, 5) is 27.9. The van der Waals surface area contributed by atoms with E-state index >= 15 is 0 Å². The molecule has 0 saturated carbocycles. The number of ether oxygens (including phenoxy) is 6. The van der Waals surface area contributed by atoms with Gasteiger partial charge in [-0.25, -0.2) is 9.59 Å². The first-order valence-corrected chi connectivity index (χ1v) is 32.3. The van der Waals surface area contributed by atoms with Crippen LogP contribution in [0.5, 0.6) is 34.5 Å². The van der Waals surface area contributed by atoms with Crippen LogP contribution in [0, 0.1) is 0 Å². The molecule has 10 nitrogen and oxygen atoms in total. The number of unbranched alkanes of at least 4 members (excludes halogenated alkanes) is 20. The molecule has 0 unspecified atom stereocenters. The largest absolute Gasteiger partial charge is 0.494 e. The molecule has 0 N–H and O–H groups in total. The molecule has 6 aromatic rings. The lowest BCUT2D eigenvalue weighted by atomic mass is 10.0. The minimum absolute atomic E-state index is 0.0609. The molecule has 0 aliphatic heterocycles. The quantitative estimate of drug-likeness (QED) is 0.0161. The Kier molecular flexibility index (Phi) is 30.6. The predicted molar refractivity (Wildman–Crippen MR) is 345 cm³/mol. The Balaban J connectivity index is 1.16. The van der Waals surface area contributed by atoms with Crippen molar-refractivity contribution in [2.45, 2.75) is 221 Å². The predicted octanol–water partition coefficient (Wildman–Crippen LogP) is 22.4. The third kappa shape index (κ3) is 24.3. The first-order chi connectivity index (χ1) is 41.2. The van der Waals surface area contributed by atoms with Gasteiger partial charge in [-0.2, -0.15) is 0 Å². The Morgan fingerprint density at radius 2 is 0.631 bits per heavy atom. The molecular weight excluding hydrogens is 1040 g/mol. The second-order valence-electron chi connectivity index (χ2n) is 22.6. The van der Waals surface area contributed by atoms with E-state index in [-0.39, 0.29) is 35.1 Å². The van der Waals surface area contributed by atoms with Crippen LogP contribution in [0.15, 0.2) is 144 Å². The lowest BCUT2D eigenvalue weighted by molar-refractivity contribution is 0.0725. The molecule has 0 aliphatic rings. The van der Waals surface area contributed by atoms with Crippen molar-refractivity contribution in [3.63, 3.8) is 0 Å². The van der Waals surface area contributed by atoms with Gasteiger partial charge < -0.3 is 28.4 Å². The Labute approximate surface area is 504 Å². The number of esters is 2. The highest BCUT2D eigenvalue weighted by Gasteiger charge is 2.18. The maximum atomic E-state index is 13.9. The number of rotatable bonds is 42. The molecular formula is C74H98N2O8. The number of nitrogens with zero attached hydrogens (tertiary/aromatic N) is 2. The van der Waals surface area contributed by atoms with E-state index in [1.165, 1.54) is 103 Å². The van der Waals surface area contributed by atoms with Gasteiger partial charge in [-0.3, -0.25) is 0 Å². The fraction of sp³-hybridized carbons (Fsp3) is 0.486. The maximum absolute atomic E-state index is 13.9. The number of azo groups is 1. The summed E-state index contributed by atoms with van der Waals surface area (Å²) < 4.78 is 37.1. The summed E-state index contributed by atoms with van der Waals surface area (Å²) in [5.74, 6) is 2.08. The molecule has 0 spiro atoms. The molecule has 2 atom stereocenters. The fourth-order valence-electron chi connectivity index (χ4n) is 10.1. The molecule has 0 saturated heterocycles. The summed E-state index contributed by atoms with van der Waals surface area (Å²) in [5.41, 5.74) is 5.20. The smallest absolute Gasteiger partial charge is 0.343 e. The van der Waals surface area contributed by atoms with Crippen LogP contribution in [-0.4, -0.2) is 37.4 Å². The summed E-state index contributed by atoms with van der Waals surface area (Å²) in [6, 6.07) is 41.3. The molecule has 0 bridgehead atoms. The van der Waals surface area contributed by atoms with Crippen LogP contribution >= 0.6 is 0 Å². The van der Waals surface area contributed by atoms with Crippen LogP contribution in [0.4, 0.5) is 11.4 Å². The molecule has 0 aromatic heterocycles. The van der Waals surface area contributed by atoms with Crippen molar-refractivity contribution in [1.82, 2.24) is 0 Å². The molecule has 10 heteroatoms. The van der Waals surface area contributed by atoms with Gasteiger partial charge in [0.25, 0.3) is 0 Å². The van der Waals surface area contributed by atoms with E-state index in [0.29, 0.717) is 35.8 Å². The maximum Gasteiger partial charge on any atom is 0.343 e. The van der Waals surface area contributed by atoms with Gasteiger partial charge in [0.05, 0.1) is 36.5 Å². The average molecular weight is 1140 g/mol. The molecule has 6 rings (SSSR count). The zero-order chi connectivity index (χ0) is 59.4. The van der Waals surface area contributed by atoms with E-state index in [1.54, 1.807) is 60.7 Å². The third-order valence-corrected chi connectivity index (χ3v) is 15.3. The second kappa shape index (κ2) is 38.8. The first-order valence-electron chi connectivity index (χ1n) is 32.3. The number of benzene rings is 6. The summed E-state index contributed by atoms with van der Waals surface area (Å²) in [6.45, 7) is 14.4. The van der Waals surface area contributed by atoms with Crippen molar-refractivity contribution in [1.29, 1.82) is 0 Å². The summed E-state index contributed by atoms with van der Waals surface area (Å²) in [7, 11) is 0. The number of carbonyl (C=O) groups is 2. The monoisotopic (exact) mass is 1140 g/mol. The third-order valence-electron chi connectivity index (χ3n) is 15.3. The average Bonchev–Trinajstić information content (AvgIpc) is 3.52. The normalized spacial score (nSPS) is 12.0. The van der Waals surface area contributed by atoms with Crippen molar-refractivity contribution in [2.75, 3.05) is 13.2 Å². The summed E-state index contributed by atoms with van der Waals surface area (Å²) in [5, 5.41) is 9.41. The molecule has 0 amide bonds. The lowest BCUT2D eigenvalue weighted by Crippen LogP contribution is -2.12. The van der Waals surface area contributed by atoms with Gasteiger partial charge in [0, 0.05) is 12.1 Å². The van der Waals surface area contributed by atoms with Crippen LogP contribution in [0.1, 0.15) is 229 Å². The van der Waals surface area contributed by atoms with E-state index in [2.05, 4.69) is 41.5 Å². The highest BCUT2D eigenvalue weighted by atomic mass is 16.5. The van der Waals surface area contributed by atoms with Crippen molar-refractivity contribution in [3.05, 3.63) is 145 Å². The van der Waals surface area contributed by atoms with Crippen LogP contribution in [-0.2, 0) is 0 Å². The van der Waals surface area contributed by atoms with Gasteiger partial charge in [0.1, 0.15) is 34.4 Å². The van der Waals surface area contributed by atoms with Gasteiger partial charge >= 0.3 is 11.9 Å². The SMILES string of the molecule is CCCCCCCCCCOc1ccc(-c2ccc(C(=O)Oc3ccc(O[C@@H](C)CCCCCC)cc3N=Nc3cc(O[C@@H](C)CCCCCC)ccc3OC(=O)c3ccc(-c4ccc(OCCCCCCCCCC)cc4)cc3)cc2)cc1. The Morgan fingerprint density at radius 1 is 0.345 bits per heavy atom. The van der Waals surface area contributed by atoms with Gasteiger partial charge in [-0.15, -0.1) is 10.2 Å². The summed E-state index contributed by atoms with van der Waals surface area (Å²) in [6.07, 6.45) is 30.9. The topological polar surface area (TPSA) is 114 Å². The highest BCUT2D eigenvalue weighted by molar-refractivity contribution is 5.93. The lowest BCUT2D eigenvalue weighted by Gasteiger charge is -2.16. The Hall–Kier alpha value is -6.94. The van der Waals surface area contributed by atoms with Gasteiger partial charge in [-0.05, 0) is 147 Å². The Morgan fingerprint density at radius 3 is 0.964 bits per heavy atom. The van der Waals surface area contributed by atoms with Crippen LogP contribution in [0.2, 0.25) is 0 Å². The molecule has 0 fully saturated rings. The second-order valence-corrected chi connectivity index (χ2v) is 22.6. The van der Waals surface area contributed by atoms with Crippen LogP contribution in [0.25, 0.3) is 22.3 Å².